The number of amides is 1. The number of aryl methyl sites for hydroxylation is 1. The molecule has 1 aliphatic rings. The molecule has 1 aromatic heterocycles. The third kappa shape index (κ3) is 2.12. The summed E-state index contributed by atoms with van der Waals surface area (Å²) in [4.78, 5) is 16.0. The molecular formula is C14H13ClN2O2. The predicted octanol–water partition coefficient (Wildman–Crippen LogP) is 2.62. The van der Waals surface area contributed by atoms with Crippen LogP contribution in [0.1, 0.15) is 33.4 Å². The van der Waals surface area contributed by atoms with Crippen molar-refractivity contribution in [2.75, 3.05) is 0 Å². The highest BCUT2D eigenvalue weighted by molar-refractivity contribution is 6.21. The predicted molar refractivity (Wildman–Crippen MR) is 71.2 cm³/mol. The Morgan fingerprint density at radius 3 is 3.00 bits per heavy atom. The summed E-state index contributed by atoms with van der Waals surface area (Å²) in [5.41, 5.74) is 2.84. The fraction of sp³-hybridized carbons (Fsp3) is 0.286. The molecule has 3 rings (SSSR count). The van der Waals surface area contributed by atoms with Crippen LogP contribution in [0, 0.1) is 6.92 Å². The zero-order chi connectivity index (χ0) is 13.4. The maximum Gasteiger partial charge on any atom is 0.289 e. The number of halogens is 1. The average molecular weight is 277 g/mol. The zero-order valence-corrected chi connectivity index (χ0v) is 11.1. The Labute approximate surface area is 115 Å². The molecule has 0 radical (unpaired) electrons. The number of hydrogen-bond donors (Lipinski definition) is 1. The first-order valence-electron chi connectivity index (χ1n) is 6.09. The summed E-state index contributed by atoms with van der Waals surface area (Å²) in [5.74, 6) is -0.0319. The Kier molecular flexibility index (Phi) is 3.03. The van der Waals surface area contributed by atoms with Crippen LogP contribution in [-0.2, 0) is 6.42 Å². The van der Waals surface area contributed by atoms with Gasteiger partial charge >= 0.3 is 0 Å². The largest absolute Gasteiger partial charge is 0.438 e. The van der Waals surface area contributed by atoms with Gasteiger partial charge in [-0.1, -0.05) is 24.3 Å². The highest BCUT2D eigenvalue weighted by Crippen LogP contribution is 2.34. The lowest BCUT2D eigenvalue weighted by molar-refractivity contribution is 0.0908. The molecule has 0 aliphatic heterocycles. The molecule has 1 aromatic carbocycles. The summed E-state index contributed by atoms with van der Waals surface area (Å²) in [6.45, 7) is 1.74. The van der Waals surface area contributed by atoms with E-state index in [1.54, 1.807) is 6.92 Å². The first-order valence-corrected chi connectivity index (χ1v) is 6.53. The SMILES string of the molecule is Cc1ncoc1C(=O)NC1c2ccccc2CC1Cl. The third-order valence-corrected chi connectivity index (χ3v) is 3.81. The number of nitrogens with zero attached hydrogens (tertiary/aromatic N) is 1. The van der Waals surface area contributed by atoms with Crippen molar-refractivity contribution in [2.24, 2.45) is 0 Å². The van der Waals surface area contributed by atoms with E-state index in [4.69, 9.17) is 16.0 Å². The minimum Gasteiger partial charge on any atom is -0.438 e. The summed E-state index contributed by atoms with van der Waals surface area (Å²) in [6, 6.07) is 7.78. The number of aromatic nitrogens is 1. The molecule has 0 bridgehead atoms. The van der Waals surface area contributed by atoms with Crippen LogP contribution in [0.25, 0.3) is 0 Å². The minimum absolute atomic E-state index is 0.135. The smallest absolute Gasteiger partial charge is 0.289 e. The van der Waals surface area contributed by atoms with Crippen LogP contribution in [0.2, 0.25) is 0 Å². The number of alkyl halides is 1. The van der Waals surface area contributed by atoms with E-state index in [0.717, 1.165) is 12.0 Å². The van der Waals surface area contributed by atoms with E-state index in [2.05, 4.69) is 10.3 Å². The fourth-order valence-electron chi connectivity index (χ4n) is 2.44. The van der Waals surface area contributed by atoms with Crippen molar-refractivity contribution in [3.05, 3.63) is 53.2 Å². The van der Waals surface area contributed by atoms with Gasteiger partial charge in [0, 0.05) is 0 Å². The maximum absolute atomic E-state index is 12.1. The quantitative estimate of drug-likeness (QED) is 0.858. The summed E-state index contributed by atoms with van der Waals surface area (Å²) in [6.07, 6.45) is 2.03. The Morgan fingerprint density at radius 2 is 2.26 bits per heavy atom. The van der Waals surface area contributed by atoms with E-state index in [1.165, 1.54) is 12.0 Å². The number of carbonyl (C=O) groups is 1. The standard InChI is InChI=1S/C14H13ClN2O2/c1-8-13(19-7-16-8)14(18)17-12-10-5-3-2-4-9(10)6-11(12)15/h2-5,7,11-12H,6H2,1H3,(H,17,18). The monoisotopic (exact) mass is 276 g/mol. The van der Waals surface area contributed by atoms with E-state index < -0.39 is 0 Å². The van der Waals surface area contributed by atoms with Crippen molar-refractivity contribution < 1.29 is 9.21 Å². The first-order chi connectivity index (χ1) is 9.16. The molecule has 2 atom stereocenters. The van der Waals surface area contributed by atoms with Gasteiger partial charge in [0.1, 0.15) is 0 Å². The van der Waals surface area contributed by atoms with Crippen LogP contribution in [0.4, 0.5) is 0 Å². The number of benzene rings is 1. The second kappa shape index (κ2) is 4.70. The van der Waals surface area contributed by atoms with Crippen LogP contribution in [0.5, 0.6) is 0 Å². The zero-order valence-electron chi connectivity index (χ0n) is 10.4. The molecule has 4 nitrogen and oxygen atoms in total. The summed E-state index contributed by atoms with van der Waals surface area (Å²) < 4.78 is 5.09. The van der Waals surface area contributed by atoms with Crippen molar-refractivity contribution in [3.8, 4) is 0 Å². The van der Waals surface area contributed by atoms with Crippen LogP contribution >= 0.6 is 11.6 Å². The molecule has 0 saturated carbocycles. The minimum atomic E-state index is -0.276. The first kappa shape index (κ1) is 12.2. The Morgan fingerprint density at radius 1 is 1.47 bits per heavy atom. The van der Waals surface area contributed by atoms with E-state index >= 15 is 0 Å². The van der Waals surface area contributed by atoms with E-state index in [1.807, 2.05) is 24.3 Å². The van der Waals surface area contributed by atoms with Gasteiger partial charge in [0.25, 0.3) is 5.91 Å². The van der Waals surface area contributed by atoms with Crippen molar-refractivity contribution in [2.45, 2.75) is 24.8 Å². The van der Waals surface area contributed by atoms with Gasteiger partial charge in [0.05, 0.1) is 17.1 Å². The Bertz CT molecular complexity index is 623. The lowest BCUT2D eigenvalue weighted by Crippen LogP contribution is -2.32. The van der Waals surface area contributed by atoms with Gasteiger partial charge in [-0.05, 0) is 24.5 Å². The highest BCUT2D eigenvalue weighted by Gasteiger charge is 2.32. The summed E-state index contributed by atoms with van der Waals surface area (Å²) >= 11 is 6.33. The number of fused-ring (bicyclic) bond motifs is 1. The molecule has 0 saturated heterocycles. The number of nitrogens with one attached hydrogen (secondary N) is 1. The molecule has 2 aromatic rings. The van der Waals surface area contributed by atoms with Crippen LogP contribution in [0.15, 0.2) is 35.1 Å². The molecule has 5 heteroatoms. The van der Waals surface area contributed by atoms with Crippen molar-refractivity contribution in [1.29, 1.82) is 0 Å². The molecule has 98 valence electrons. The normalized spacial score (nSPS) is 21.2. The van der Waals surface area contributed by atoms with E-state index in [-0.39, 0.29) is 23.1 Å². The molecule has 1 heterocycles. The van der Waals surface area contributed by atoms with Gasteiger partial charge in [-0.15, -0.1) is 11.6 Å². The lowest BCUT2D eigenvalue weighted by Gasteiger charge is -2.16. The number of carbonyl (C=O) groups excluding carboxylic acids is 1. The average Bonchev–Trinajstić information content (AvgIpc) is 2.94. The Balaban J connectivity index is 1.84. The molecule has 0 fully saturated rings. The molecule has 1 aliphatic carbocycles. The van der Waals surface area contributed by atoms with Crippen LogP contribution in [-0.4, -0.2) is 16.3 Å². The molecular weight excluding hydrogens is 264 g/mol. The van der Waals surface area contributed by atoms with E-state index in [9.17, 15) is 4.79 Å². The topological polar surface area (TPSA) is 55.1 Å². The number of hydrogen-bond acceptors (Lipinski definition) is 3. The summed E-state index contributed by atoms with van der Waals surface area (Å²) in [5, 5.41) is 2.79. The second-order valence-electron chi connectivity index (χ2n) is 4.64. The third-order valence-electron chi connectivity index (χ3n) is 3.41. The molecule has 1 N–H and O–H groups in total. The maximum atomic E-state index is 12.1. The van der Waals surface area contributed by atoms with Crippen LogP contribution < -0.4 is 5.32 Å². The molecule has 0 spiro atoms. The van der Waals surface area contributed by atoms with Gasteiger partial charge < -0.3 is 9.73 Å². The van der Waals surface area contributed by atoms with Gasteiger partial charge in [-0.25, -0.2) is 4.98 Å². The van der Waals surface area contributed by atoms with Crippen molar-refractivity contribution >= 4 is 17.5 Å². The van der Waals surface area contributed by atoms with Crippen LogP contribution in [0.3, 0.4) is 0 Å². The summed E-state index contributed by atoms with van der Waals surface area (Å²) in [7, 11) is 0. The number of rotatable bonds is 2. The second-order valence-corrected chi connectivity index (χ2v) is 5.20. The van der Waals surface area contributed by atoms with Gasteiger partial charge in [0.2, 0.25) is 5.76 Å². The Hall–Kier alpha value is -1.81. The highest BCUT2D eigenvalue weighted by atomic mass is 35.5. The van der Waals surface area contributed by atoms with E-state index in [0.29, 0.717) is 5.69 Å². The molecule has 2 unspecified atom stereocenters. The van der Waals surface area contributed by atoms with Crippen molar-refractivity contribution in [1.82, 2.24) is 10.3 Å². The molecule has 1 amide bonds. The van der Waals surface area contributed by atoms with Gasteiger partial charge in [-0.3, -0.25) is 4.79 Å². The fourth-order valence-corrected chi connectivity index (χ4v) is 2.81. The molecule has 19 heavy (non-hydrogen) atoms. The van der Waals surface area contributed by atoms with Gasteiger partial charge in [0.15, 0.2) is 6.39 Å². The number of oxazole rings is 1. The lowest BCUT2D eigenvalue weighted by atomic mass is 10.1. The van der Waals surface area contributed by atoms with Crippen molar-refractivity contribution in [3.63, 3.8) is 0 Å². The van der Waals surface area contributed by atoms with Gasteiger partial charge in [-0.2, -0.15) is 0 Å².